The molecule has 0 bridgehead atoms. The molecule has 1 aromatic rings. The van der Waals surface area contributed by atoms with E-state index in [1.807, 2.05) is 0 Å². The van der Waals surface area contributed by atoms with Crippen molar-refractivity contribution < 1.29 is 23.5 Å². The average Bonchev–Trinajstić information content (AvgIpc) is 3.18. The third kappa shape index (κ3) is 4.00. The predicted molar refractivity (Wildman–Crippen MR) is 71.6 cm³/mol. The van der Waals surface area contributed by atoms with Crippen LogP contribution in [0.5, 0.6) is 0 Å². The Bertz CT molecular complexity index is 562. The third-order valence-corrected chi connectivity index (χ3v) is 3.63. The van der Waals surface area contributed by atoms with Crippen molar-refractivity contribution in [2.75, 3.05) is 6.54 Å². The van der Waals surface area contributed by atoms with Crippen LogP contribution in [0.2, 0.25) is 0 Å². The van der Waals surface area contributed by atoms with Gasteiger partial charge in [-0.05, 0) is 42.0 Å². The summed E-state index contributed by atoms with van der Waals surface area (Å²) in [5.41, 5.74) is 0.230. The maximum Gasteiger partial charge on any atom is 0.303 e. The number of rotatable bonds is 6. The molecule has 2 N–H and O–H groups in total. The molecular weight excluding hydrogens is 280 g/mol. The highest BCUT2D eigenvalue weighted by atomic mass is 19.1. The lowest BCUT2D eigenvalue weighted by molar-refractivity contribution is -0.138. The summed E-state index contributed by atoms with van der Waals surface area (Å²) in [6.07, 6.45) is 0.465. The first kappa shape index (κ1) is 15.4. The Morgan fingerprint density at radius 2 is 2.14 bits per heavy atom. The lowest BCUT2D eigenvalue weighted by Gasteiger charge is -2.10. The second-order valence-corrected chi connectivity index (χ2v) is 5.56. The van der Waals surface area contributed by atoms with Gasteiger partial charge in [0.25, 0.3) is 0 Å². The van der Waals surface area contributed by atoms with Crippen LogP contribution in [-0.2, 0) is 9.59 Å². The maximum atomic E-state index is 13.6. The Labute approximate surface area is 121 Å². The summed E-state index contributed by atoms with van der Waals surface area (Å²) in [6, 6.07) is 3.23. The molecule has 1 aliphatic rings. The topological polar surface area (TPSA) is 66.4 Å². The molecule has 0 aromatic heterocycles. The third-order valence-electron chi connectivity index (χ3n) is 3.63. The second kappa shape index (κ2) is 6.20. The van der Waals surface area contributed by atoms with Gasteiger partial charge in [-0.25, -0.2) is 8.78 Å². The summed E-state index contributed by atoms with van der Waals surface area (Å²) in [4.78, 5) is 22.4. The van der Waals surface area contributed by atoms with Crippen LogP contribution in [0, 0.1) is 23.5 Å². The summed E-state index contributed by atoms with van der Waals surface area (Å²) in [5.74, 6) is -3.00. The van der Waals surface area contributed by atoms with Crippen molar-refractivity contribution >= 4 is 11.9 Å². The standard InChI is InChI=1S/C15H17F2NO3/c1-8(4-14(19)20)7-18-15(21)12-6-10(12)11-5-9(16)2-3-13(11)17/h2-3,5,8,10,12H,4,6-7H2,1H3,(H,18,21)(H,19,20). The zero-order chi connectivity index (χ0) is 15.6. The van der Waals surface area contributed by atoms with E-state index in [2.05, 4.69) is 5.32 Å². The van der Waals surface area contributed by atoms with E-state index < -0.39 is 17.6 Å². The van der Waals surface area contributed by atoms with E-state index in [0.717, 1.165) is 18.2 Å². The number of carbonyl (C=O) groups is 2. The van der Waals surface area contributed by atoms with Gasteiger partial charge < -0.3 is 10.4 Å². The van der Waals surface area contributed by atoms with Gasteiger partial charge >= 0.3 is 5.97 Å². The highest BCUT2D eigenvalue weighted by Crippen LogP contribution is 2.48. The van der Waals surface area contributed by atoms with Crippen LogP contribution in [0.3, 0.4) is 0 Å². The van der Waals surface area contributed by atoms with Crippen molar-refractivity contribution in [2.24, 2.45) is 11.8 Å². The molecule has 0 radical (unpaired) electrons. The number of benzene rings is 1. The molecule has 3 unspecified atom stereocenters. The van der Waals surface area contributed by atoms with Gasteiger partial charge in [-0.2, -0.15) is 0 Å². The molecule has 0 aliphatic heterocycles. The van der Waals surface area contributed by atoms with Gasteiger partial charge in [0.2, 0.25) is 5.91 Å². The molecule has 0 heterocycles. The number of nitrogens with one attached hydrogen (secondary N) is 1. The van der Waals surface area contributed by atoms with Crippen LogP contribution in [0.15, 0.2) is 18.2 Å². The maximum absolute atomic E-state index is 13.6. The number of carboxylic acids is 1. The normalized spacial score (nSPS) is 21.7. The lowest BCUT2D eigenvalue weighted by atomic mass is 10.1. The Morgan fingerprint density at radius 3 is 2.81 bits per heavy atom. The van der Waals surface area contributed by atoms with Gasteiger partial charge in [-0.3, -0.25) is 9.59 Å². The average molecular weight is 297 g/mol. The van der Waals surface area contributed by atoms with Crippen molar-refractivity contribution in [1.82, 2.24) is 5.32 Å². The largest absolute Gasteiger partial charge is 0.481 e. The molecule has 1 saturated carbocycles. The summed E-state index contributed by atoms with van der Waals surface area (Å²) in [6.45, 7) is 1.99. The molecule has 21 heavy (non-hydrogen) atoms. The van der Waals surface area contributed by atoms with Crippen molar-refractivity contribution in [2.45, 2.75) is 25.7 Å². The summed E-state index contributed by atoms with van der Waals surface area (Å²) in [5, 5.41) is 11.3. The molecule has 1 amide bonds. The van der Waals surface area contributed by atoms with Crippen LogP contribution in [-0.4, -0.2) is 23.5 Å². The molecule has 2 rings (SSSR count). The minimum absolute atomic E-state index is 0.0209. The van der Waals surface area contributed by atoms with Gasteiger partial charge in [0.1, 0.15) is 11.6 Å². The highest BCUT2D eigenvalue weighted by Gasteiger charge is 2.45. The van der Waals surface area contributed by atoms with Crippen LogP contribution < -0.4 is 5.32 Å². The summed E-state index contributed by atoms with van der Waals surface area (Å²) >= 11 is 0. The zero-order valence-corrected chi connectivity index (χ0v) is 11.6. The molecular formula is C15H17F2NO3. The number of hydrogen-bond donors (Lipinski definition) is 2. The quantitative estimate of drug-likeness (QED) is 0.846. The van der Waals surface area contributed by atoms with E-state index in [1.165, 1.54) is 0 Å². The molecule has 1 aliphatic carbocycles. The number of carboxylic acid groups (broad SMARTS) is 1. The van der Waals surface area contributed by atoms with Crippen molar-refractivity contribution in [3.63, 3.8) is 0 Å². The number of hydrogen-bond acceptors (Lipinski definition) is 2. The smallest absolute Gasteiger partial charge is 0.303 e. The molecule has 6 heteroatoms. The van der Waals surface area contributed by atoms with Gasteiger partial charge in [-0.15, -0.1) is 0 Å². The highest BCUT2D eigenvalue weighted by molar-refractivity contribution is 5.83. The lowest BCUT2D eigenvalue weighted by Crippen LogP contribution is -2.30. The zero-order valence-electron chi connectivity index (χ0n) is 11.6. The van der Waals surface area contributed by atoms with Crippen LogP contribution in [0.1, 0.15) is 31.2 Å². The molecule has 1 fully saturated rings. The van der Waals surface area contributed by atoms with E-state index in [4.69, 9.17) is 5.11 Å². The number of halogens is 2. The predicted octanol–water partition coefficient (Wildman–Crippen LogP) is 2.30. The first-order chi connectivity index (χ1) is 9.88. The fraction of sp³-hybridized carbons (Fsp3) is 0.467. The van der Waals surface area contributed by atoms with Gasteiger partial charge in [0, 0.05) is 18.9 Å². The minimum Gasteiger partial charge on any atom is -0.481 e. The second-order valence-electron chi connectivity index (χ2n) is 5.56. The van der Waals surface area contributed by atoms with Crippen LogP contribution in [0.4, 0.5) is 8.78 Å². The first-order valence-electron chi connectivity index (χ1n) is 6.83. The van der Waals surface area contributed by atoms with Crippen molar-refractivity contribution in [1.29, 1.82) is 0 Å². The molecule has 3 atom stereocenters. The molecule has 0 saturated heterocycles. The fourth-order valence-corrected chi connectivity index (χ4v) is 2.40. The van der Waals surface area contributed by atoms with Crippen LogP contribution >= 0.6 is 0 Å². The monoisotopic (exact) mass is 297 g/mol. The van der Waals surface area contributed by atoms with E-state index in [-0.39, 0.29) is 42.2 Å². The van der Waals surface area contributed by atoms with E-state index in [1.54, 1.807) is 6.92 Å². The number of aliphatic carboxylic acids is 1. The van der Waals surface area contributed by atoms with Gasteiger partial charge in [0.05, 0.1) is 0 Å². The SMILES string of the molecule is CC(CNC(=O)C1CC1c1cc(F)ccc1F)CC(=O)O. The Kier molecular flexibility index (Phi) is 4.55. The minimum atomic E-state index is -0.914. The molecule has 0 spiro atoms. The van der Waals surface area contributed by atoms with Crippen LogP contribution in [0.25, 0.3) is 0 Å². The summed E-state index contributed by atoms with van der Waals surface area (Å²) in [7, 11) is 0. The fourth-order valence-electron chi connectivity index (χ4n) is 2.40. The van der Waals surface area contributed by atoms with Crippen molar-refractivity contribution in [3.8, 4) is 0 Å². The van der Waals surface area contributed by atoms with E-state index in [9.17, 15) is 18.4 Å². The Morgan fingerprint density at radius 1 is 1.43 bits per heavy atom. The van der Waals surface area contributed by atoms with Gasteiger partial charge in [0.15, 0.2) is 0 Å². The summed E-state index contributed by atoms with van der Waals surface area (Å²) < 4.78 is 26.7. The first-order valence-corrected chi connectivity index (χ1v) is 6.83. The molecule has 4 nitrogen and oxygen atoms in total. The Hall–Kier alpha value is -1.98. The van der Waals surface area contributed by atoms with Crippen molar-refractivity contribution in [3.05, 3.63) is 35.4 Å². The Balaban J connectivity index is 1.86. The molecule has 114 valence electrons. The number of amides is 1. The molecule has 1 aromatic carbocycles. The van der Waals surface area contributed by atoms with E-state index in [0.29, 0.717) is 6.42 Å². The van der Waals surface area contributed by atoms with E-state index >= 15 is 0 Å². The van der Waals surface area contributed by atoms with Gasteiger partial charge in [-0.1, -0.05) is 6.92 Å². The number of carbonyl (C=O) groups excluding carboxylic acids is 1.